The Balaban J connectivity index is 2.07. The number of benzene rings is 1. The maximum atomic E-state index is 11.6. The van der Waals surface area contributed by atoms with Gasteiger partial charge in [-0.2, -0.15) is 5.10 Å². The monoisotopic (exact) mass is 262 g/mol. The third kappa shape index (κ3) is 3.06. The third-order valence-electron chi connectivity index (χ3n) is 2.29. The van der Waals surface area contributed by atoms with Crippen molar-refractivity contribution in [3.8, 4) is 5.75 Å². The molecule has 3 N–H and O–H groups in total. The largest absolute Gasteiger partial charge is 0.506 e. The summed E-state index contributed by atoms with van der Waals surface area (Å²) in [5.41, 5.74) is 0.0712. The lowest BCUT2D eigenvalue weighted by molar-refractivity contribution is -0.116. The van der Waals surface area contributed by atoms with Crippen molar-refractivity contribution in [3.63, 3.8) is 0 Å². The summed E-state index contributed by atoms with van der Waals surface area (Å²) in [6.45, 7) is -0.0554. The molecule has 0 radical (unpaired) electrons. The van der Waals surface area contributed by atoms with Crippen LogP contribution in [0.1, 0.15) is 10.4 Å². The van der Waals surface area contributed by atoms with Crippen LogP contribution in [0.15, 0.2) is 30.9 Å². The first-order chi connectivity index (χ1) is 9.06. The molecule has 0 bridgehead atoms. The second kappa shape index (κ2) is 5.17. The lowest BCUT2D eigenvalue weighted by Gasteiger charge is -2.07. The Kier molecular flexibility index (Phi) is 3.42. The van der Waals surface area contributed by atoms with Crippen LogP contribution in [-0.4, -0.2) is 36.9 Å². The molecule has 98 valence electrons. The minimum atomic E-state index is -1.16. The zero-order valence-electron chi connectivity index (χ0n) is 9.65. The van der Waals surface area contributed by atoms with Crippen LogP contribution in [-0.2, 0) is 11.3 Å². The fraction of sp³-hybridized carbons (Fsp3) is 0.0909. The number of aromatic carboxylic acids is 1. The quantitative estimate of drug-likeness (QED) is 0.683. The lowest BCUT2D eigenvalue weighted by Crippen LogP contribution is -2.19. The van der Waals surface area contributed by atoms with Crippen molar-refractivity contribution in [3.05, 3.63) is 36.4 Å². The van der Waals surface area contributed by atoms with Gasteiger partial charge >= 0.3 is 5.97 Å². The SMILES string of the molecule is O=C(Cn1cncn1)Nc1ccc(C(=O)O)cc1O. The summed E-state index contributed by atoms with van der Waals surface area (Å²) in [5.74, 6) is -1.88. The number of carboxylic acid groups (broad SMARTS) is 1. The molecule has 1 aromatic carbocycles. The molecule has 0 fully saturated rings. The predicted octanol–water partition coefficient (Wildman–Crippen LogP) is 0.321. The summed E-state index contributed by atoms with van der Waals surface area (Å²) in [6.07, 6.45) is 2.68. The van der Waals surface area contributed by atoms with Crippen molar-refractivity contribution in [2.75, 3.05) is 5.32 Å². The normalized spacial score (nSPS) is 10.1. The third-order valence-corrected chi connectivity index (χ3v) is 2.29. The highest BCUT2D eigenvalue weighted by Crippen LogP contribution is 2.24. The molecule has 1 heterocycles. The minimum absolute atomic E-state index is 0.0554. The van der Waals surface area contributed by atoms with E-state index in [9.17, 15) is 14.7 Å². The second-order valence-electron chi connectivity index (χ2n) is 3.68. The van der Waals surface area contributed by atoms with E-state index in [1.54, 1.807) is 0 Å². The molecule has 2 aromatic rings. The average molecular weight is 262 g/mol. The van der Waals surface area contributed by atoms with Crippen molar-refractivity contribution in [1.29, 1.82) is 0 Å². The Morgan fingerprint density at radius 2 is 2.16 bits per heavy atom. The van der Waals surface area contributed by atoms with Crippen molar-refractivity contribution in [1.82, 2.24) is 14.8 Å². The molecule has 8 heteroatoms. The first-order valence-electron chi connectivity index (χ1n) is 5.25. The highest BCUT2D eigenvalue weighted by molar-refractivity contribution is 5.94. The summed E-state index contributed by atoms with van der Waals surface area (Å²) in [5, 5.41) is 24.5. The van der Waals surface area contributed by atoms with E-state index < -0.39 is 11.9 Å². The Bertz CT molecular complexity index is 609. The summed E-state index contributed by atoms with van der Waals surface area (Å²) in [4.78, 5) is 26.0. The van der Waals surface area contributed by atoms with Gasteiger partial charge in [0, 0.05) is 0 Å². The van der Waals surface area contributed by atoms with E-state index in [4.69, 9.17) is 5.11 Å². The highest BCUT2D eigenvalue weighted by Gasteiger charge is 2.10. The van der Waals surface area contributed by atoms with Gasteiger partial charge in [0.25, 0.3) is 0 Å². The zero-order chi connectivity index (χ0) is 13.8. The van der Waals surface area contributed by atoms with Crippen LogP contribution in [0, 0.1) is 0 Å². The number of carbonyl (C=O) groups is 2. The topological polar surface area (TPSA) is 117 Å². The molecule has 0 saturated heterocycles. The number of hydrogen-bond acceptors (Lipinski definition) is 5. The van der Waals surface area contributed by atoms with Gasteiger partial charge in [0.05, 0.1) is 11.3 Å². The first kappa shape index (κ1) is 12.6. The molecule has 19 heavy (non-hydrogen) atoms. The van der Waals surface area contributed by atoms with Gasteiger partial charge < -0.3 is 15.5 Å². The number of aromatic hydroxyl groups is 1. The summed E-state index contributed by atoms with van der Waals surface area (Å²) in [6, 6.07) is 3.67. The molecule has 0 unspecified atom stereocenters. The van der Waals surface area contributed by atoms with E-state index in [-0.39, 0.29) is 23.5 Å². The molecular weight excluding hydrogens is 252 g/mol. The molecule has 0 aliphatic rings. The number of aromatic nitrogens is 3. The van der Waals surface area contributed by atoms with Crippen LogP contribution in [0.2, 0.25) is 0 Å². The molecule has 0 aliphatic carbocycles. The van der Waals surface area contributed by atoms with Gasteiger partial charge in [-0.05, 0) is 18.2 Å². The number of nitrogens with zero attached hydrogens (tertiary/aromatic N) is 3. The first-order valence-corrected chi connectivity index (χ1v) is 5.25. The standard InChI is InChI=1S/C11H10N4O4/c16-9-3-7(11(18)19)1-2-8(9)14-10(17)4-15-6-12-5-13-15/h1-3,5-6,16H,4H2,(H,14,17)(H,18,19). The Hall–Kier alpha value is -2.90. The van der Waals surface area contributed by atoms with E-state index in [0.29, 0.717) is 0 Å². The number of phenolic OH excluding ortho intramolecular Hbond substituents is 1. The highest BCUT2D eigenvalue weighted by atomic mass is 16.4. The molecule has 8 nitrogen and oxygen atoms in total. The van der Waals surface area contributed by atoms with Crippen molar-refractivity contribution in [2.45, 2.75) is 6.54 Å². The number of phenols is 1. The Morgan fingerprint density at radius 3 is 2.74 bits per heavy atom. The fourth-order valence-electron chi connectivity index (χ4n) is 1.42. The van der Waals surface area contributed by atoms with Gasteiger partial charge in [0.2, 0.25) is 5.91 Å². The van der Waals surface area contributed by atoms with Crippen LogP contribution in [0.3, 0.4) is 0 Å². The lowest BCUT2D eigenvalue weighted by atomic mass is 10.2. The van der Waals surface area contributed by atoms with Gasteiger partial charge in [0.15, 0.2) is 0 Å². The molecule has 2 rings (SSSR count). The van der Waals surface area contributed by atoms with Crippen molar-refractivity contribution < 1.29 is 19.8 Å². The number of amides is 1. The number of hydrogen-bond donors (Lipinski definition) is 3. The number of anilines is 1. The summed E-state index contributed by atoms with van der Waals surface area (Å²) in [7, 11) is 0. The molecule has 0 aliphatic heterocycles. The van der Waals surface area contributed by atoms with Crippen LogP contribution in [0.5, 0.6) is 5.75 Å². The number of carboxylic acids is 1. The molecule has 0 spiro atoms. The van der Waals surface area contributed by atoms with E-state index in [0.717, 1.165) is 6.07 Å². The number of nitrogens with one attached hydrogen (secondary N) is 1. The molecule has 1 amide bonds. The van der Waals surface area contributed by atoms with Gasteiger partial charge in [-0.15, -0.1) is 0 Å². The minimum Gasteiger partial charge on any atom is -0.506 e. The van der Waals surface area contributed by atoms with Crippen LogP contribution in [0.4, 0.5) is 5.69 Å². The van der Waals surface area contributed by atoms with Crippen LogP contribution in [0.25, 0.3) is 0 Å². The zero-order valence-corrected chi connectivity index (χ0v) is 9.65. The van der Waals surface area contributed by atoms with Crippen LogP contribution < -0.4 is 5.32 Å². The summed E-state index contributed by atoms with van der Waals surface area (Å²) < 4.78 is 1.32. The number of carbonyl (C=O) groups excluding carboxylic acids is 1. The van der Waals surface area contributed by atoms with E-state index >= 15 is 0 Å². The van der Waals surface area contributed by atoms with Crippen molar-refractivity contribution >= 4 is 17.6 Å². The maximum Gasteiger partial charge on any atom is 0.335 e. The smallest absolute Gasteiger partial charge is 0.335 e. The average Bonchev–Trinajstić information content (AvgIpc) is 2.84. The number of rotatable bonds is 4. The summed E-state index contributed by atoms with van der Waals surface area (Å²) >= 11 is 0. The van der Waals surface area contributed by atoms with Gasteiger partial charge in [-0.3, -0.25) is 4.79 Å². The maximum absolute atomic E-state index is 11.6. The Morgan fingerprint density at radius 1 is 1.37 bits per heavy atom. The predicted molar refractivity (Wildman–Crippen MR) is 63.7 cm³/mol. The molecule has 0 saturated carbocycles. The van der Waals surface area contributed by atoms with E-state index in [1.807, 2.05) is 0 Å². The van der Waals surface area contributed by atoms with Crippen LogP contribution >= 0.6 is 0 Å². The van der Waals surface area contributed by atoms with E-state index in [2.05, 4.69) is 15.4 Å². The Labute approximate surface area is 107 Å². The van der Waals surface area contributed by atoms with Crippen molar-refractivity contribution in [2.24, 2.45) is 0 Å². The van der Waals surface area contributed by atoms with Gasteiger partial charge in [0.1, 0.15) is 24.9 Å². The fourth-order valence-corrected chi connectivity index (χ4v) is 1.42. The molecule has 0 atom stereocenters. The van der Waals surface area contributed by atoms with Gasteiger partial charge in [-0.25, -0.2) is 14.5 Å². The molecular formula is C11H10N4O4. The van der Waals surface area contributed by atoms with Gasteiger partial charge in [-0.1, -0.05) is 0 Å². The van der Waals surface area contributed by atoms with E-state index in [1.165, 1.54) is 29.5 Å². The molecule has 1 aromatic heterocycles. The second-order valence-corrected chi connectivity index (χ2v) is 3.68.